The van der Waals surface area contributed by atoms with Gasteiger partial charge in [-0.1, -0.05) is 52.0 Å². The van der Waals surface area contributed by atoms with Crippen LogP contribution in [-0.2, 0) is 11.4 Å². The highest BCUT2D eigenvalue weighted by Gasteiger charge is 2.22. The zero-order valence-electron chi connectivity index (χ0n) is 13.1. The molecule has 1 heterocycles. The molecule has 1 N–H and O–H groups in total. The highest BCUT2D eigenvalue weighted by atomic mass is 79.9. The number of nitro benzene ring substituents is 1. The Morgan fingerprint density at radius 3 is 2.77 bits per heavy atom. The second-order valence-corrected chi connectivity index (χ2v) is 7.84. The van der Waals surface area contributed by atoms with Crippen LogP contribution in [0.25, 0.3) is 6.08 Å². The molecule has 1 amide bonds. The summed E-state index contributed by atoms with van der Waals surface area (Å²) in [4.78, 5) is 23.0. The van der Waals surface area contributed by atoms with Crippen molar-refractivity contribution in [3.05, 3.63) is 73.1 Å². The van der Waals surface area contributed by atoms with Crippen molar-refractivity contribution in [3.63, 3.8) is 0 Å². The first-order chi connectivity index (χ1) is 12.4. The van der Waals surface area contributed by atoms with Gasteiger partial charge in [0, 0.05) is 16.1 Å². The van der Waals surface area contributed by atoms with E-state index in [0.29, 0.717) is 26.1 Å². The van der Waals surface area contributed by atoms with Crippen LogP contribution in [0.15, 0.2) is 51.8 Å². The number of ether oxygens (including phenoxy) is 1. The van der Waals surface area contributed by atoms with Crippen LogP contribution in [0, 0.1) is 10.1 Å². The Labute approximate surface area is 166 Å². The molecule has 0 spiro atoms. The topological polar surface area (TPSA) is 81.5 Å². The number of thiocarbonyl (C=S) groups is 1. The number of halogens is 1. The summed E-state index contributed by atoms with van der Waals surface area (Å²) < 4.78 is 7.01. The van der Waals surface area contributed by atoms with Crippen LogP contribution in [0.2, 0.25) is 0 Å². The van der Waals surface area contributed by atoms with E-state index >= 15 is 0 Å². The molecule has 0 aromatic heterocycles. The van der Waals surface area contributed by atoms with Gasteiger partial charge in [0.15, 0.2) is 0 Å². The van der Waals surface area contributed by atoms with Crippen LogP contribution in [-0.4, -0.2) is 15.2 Å². The van der Waals surface area contributed by atoms with E-state index in [4.69, 9.17) is 17.0 Å². The standard InChI is InChI=1S/C17H11BrN2O4S2/c18-12-5-6-14(11(7-12)8-15-16(21)19-17(25)26-15)24-9-10-3-1-2-4-13(10)20(22)23/h1-8H,9H2,(H,19,21,25)/b15-8+. The molecule has 6 nitrogen and oxygen atoms in total. The molecule has 26 heavy (non-hydrogen) atoms. The summed E-state index contributed by atoms with van der Waals surface area (Å²) in [7, 11) is 0. The van der Waals surface area contributed by atoms with Crippen molar-refractivity contribution in [2.24, 2.45) is 0 Å². The van der Waals surface area contributed by atoms with Crippen molar-refractivity contribution < 1.29 is 14.5 Å². The van der Waals surface area contributed by atoms with Gasteiger partial charge in [0.25, 0.3) is 11.6 Å². The second-order valence-electron chi connectivity index (χ2n) is 5.21. The fraction of sp³-hybridized carbons (Fsp3) is 0.0588. The van der Waals surface area contributed by atoms with Gasteiger partial charge in [-0.3, -0.25) is 14.9 Å². The van der Waals surface area contributed by atoms with Crippen molar-refractivity contribution in [1.82, 2.24) is 5.32 Å². The number of para-hydroxylation sites is 1. The number of rotatable bonds is 5. The van der Waals surface area contributed by atoms with E-state index in [-0.39, 0.29) is 18.2 Å². The van der Waals surface area contributed by atoms with Crippen LogP contribution in [0.3, 0.4) is 0 Å². The smallest absolute Gasteiger partial charge is 0.276 e. The van der Waals surface area contributed by atoms with E-state index in [1.54, 1.807) is 42.5 Å². The highest BCUT2D eigenvalue weighted by molar-refractivity contribution is 9.10. The van der Waals surface area contributed by atoms with Gasteiger partial charge in [-0.15, -0.1) is 0 Å². The highest BCUT2D eigenvalue weighted by Crippen LogP contribution is 2.32. The Morgan fingerprint density at radius 2 is 2.08 bits per heavy atom. The molecule has 1 saturated heterocycles. The number of benzene rings is 2. The summed E-state index contributed by atoms with van der Waals surface area (Å²) in [5.74, 6) is 0.245. The Bertz CT molecular complexity index is 946. The minimum Gasteiger partial charge on any atom is -0.488 e. The molecule has 1 aliphatic rings. The van der Waals surface area contributed by atoms with Gasteiger partial charge >= 0.3 is 0 Å². The number of hydrogen-bond acceptors (Lipinski definition) is 6. The van der Waals surface area contributed by atoms with Gasteiger partial charge < -0.3 is 10.1 Å². The van der Waals surface area contributed by atoms with Crippen molar-refractivity contribution in [2.45, 2.75) is 6.61 Å². The zero-order valence-corrected chi connectivity index (χ0v) is 16.3. The molecule has 0 bridgehead atoms. The van der Waals surface area contributed by atoms with E-state index < -0.39 is 4.92 Å². The monoisotopic (exact) mass is 450 g/mol. The number of nitro groups is 1. The van der Waals surface area contributed by atoms with Crippen LogP contribution < -0.4 is 10.1 Å². The fourth-order valence-corrected chi connectivity index (χ4v) is 3.71. The third-order valence-corrected chi connectivity index (χ3v) is 5.13. The summed E-state index contributed by atoms with van der Waals surface area (Å²) in [6.07, 6.45) is 1.68. The summed E-state index contributed by atoms with van der Waals surface area (Å²) in [6, 6.07) is 11.7. The first-order valence-electron chi connectivity index (χ1n) is 7.33. The molecule has 2 aromatic carbocycles. The van der Waals surface area contributed by atoms with E-state index in [1.807, 2.05) is 0 Å². The summed E-state index contributed by atoms with van der Waals surface area (Å²) >= 11 is 9.56. The van der Waals surface area contributed by atoms with Crippen LogP contribution in [0.4, 0.5) is 5.69 Å². The number of nitrogens with zero attached hydrogens (tertiary/aromatic N) is 1. The second kappa shape index (κ2) is 7.98. The molecule has 1 fully saturated rings. The molecule has 0 radical (unpaired) electrons. The molecule has 0 aliphatic carbocycles. The minimum absolute atomic E-state index is 0.000547. The van der Waals surface area contributed by atoms with Crippen molar-refractivity contribution in [1.29, 1.82) is 0 Å². The lowest BCUT2D eigenvalue weighted by molar-refractivity contribution is -0.385. The lowest BCUT2D eigenvalue weighted by Gasteiger charge is -2.10. The van der Waals surface area contributed by atoms with Gasteiger partial charge in [-0.05, 0) is 30.3 Å². The molecule has 9 heteroatoms. The van der Waals surface area contributed by atoms with E-state index in [1.165, 1.54) is 17.8 Å². The lowest BCUT2D eigenvalue weighted by atomic mass is 10.1. The van der Waals surface area contributed by atoms with Crippen LogP contribution >= 0.6 is 39.9 Å². The third kappa shape index (κ3) is 4.29. The number of hydrogen-bond donors (Lipinski definition) is 1. The average Bonchev–Trinajstić information content (AvgIpc) is 2.91. The first kappa shape index (κ1) is 18.6. The van der Waals surface area contributed by atoms with E-state index in [9.17, 15) is 14.9 Å². The van der Waals surface area contributed by atoms with Crippen molar-refractivity contribution in [3.8, 4) is 5.75 Å². The fourth-order valence-electron chi connectivity index (χ4n) is 2.29. The minimum atomic E-state index is -0.441. The zero-order chi connectivity index (χ0) is 18.7. The summed E-state index contributed by atoms with van der Waals surface area (Å²) in [5.41, 5.74) is 1.13. The number of thioether (sulfide) groups is 1. The lowest BCUT2D eigenvalue weighted by Crippen LogP contribution is -2.17. The Morgan fingerprint density at radius 1 is 1.31 bits per heavy atom. The Hall–Kier alpha value is -2.23. The van der Waals surface area contributed by atoms with Crippen LogP contribution in [0.1, 0.15) is 11.1 Å². The maximum Gasteiger partial charge on any atom is 0.276 e. The number of amides is 1. The maximum atomic E-state index is 11.9. The molecular weight excluding hydrogens is 440 g/mol. The normalized spacial score (nSPS) is 15.2. The molecule has 0 saturated carbocycles. The van der Waals surface area contributed by atoms with Crippen LogP contribution in [0.5, 0.6) is 5.75 Å². The van der Waals surface area contributed by atoms with Crippen molar-refractivity contribution >= 4 is 61.9 Å². The quantitative estimate of drug-likeness (QED) is 0.314. The predicted molar refractivity (Wildman–Crippen MR) is 108 cm³/mol. The molecule has 2 aromatic rings. The third-order valence-electron chi connectivity index (χ3n) is 3.47. The number of nitrogens with one attached hydrogen (secondary N) is 1. The first-order valence-corrected chi connectivity index (χ1v) is 9.35. The van der Waals surface area contributed by atoms with Crippen molar-refractivity contribution in [2.75, 3.05) is 0 Å². The SMILES string of the molecule is O=C1NC(=S)S/C1=C/c1cc(Br)ccc1OCc1ccccc1[N+](=O)[O-]. The number of carbonyl (C=O) groups excluding carboxylic acids is 1. The predicted octanol–water partition coefficient (Wildman–Crippen LogP) is 4.43. The summed E-state index contributed by atoms with van der Waals surface area (Å²) in [6.45, 7) is 0.0344. The van der Waals surface area contributed by atoms with E-state index in [2.05, 4.69) is 21.2 Å². The molecule has 0 unspecified atom stereocenters. The maximum absolute atomic E-state index is 11.9. The largest absolute Gasteiger partial charge is 0.488 e. The van der Waals surface area contributed by atoms with E-state index in [0.717, 1.165) is 4.47 Å². The number of carbonyl (C=O) groups is 1. The molecular formula is C17H11BrN2O4S2. The van der Waals surface area contributed by atoms with Gasteiger partial charge in [0.05, 0.1) is 15.4 Å². The van der Waals surface area contributed by atoms with Gasteiger partial charge in [0.2, 0.25) is 0 Å². The molecule has 0 atom stereocenters. The van der Waals surface area contributed by atoms with Gasteiger partial charge in [-0.2, -0.15) is 0 Å². The van der Waals surface area contributed by atoms with Gasteiger partial charge in [-0.25, -0.2) is 0 Å². The summed E-state index contributed by atoms with van der Waals surface area (Å²) in [5, 5.41) is 13.7. The average molecular weight is 451 g/mol. The molecule has 1 aliphatic heterocycles. The Balaban J connectivity index is 1.88. The Kier molecular flexibility index (Phi) is 5.70. The van der Waals surface area contributed by atoms with Gasteiger partial charge in [0.1, 0.15) is 16.7 Å². The molecule has 132 valence electrons. The molecule has 3 rings (SSSR count).